The van der Waals surface area contributed by atoms with Crippen LogP contribution in [0.3, 0.4) is 0 Å². The molecule has 0 heterocycles. The number of amides is 1. The number of rotatable bonds is 3. The van der Waals surface area contributed by atoms with Crippen LogP contribution >= 0.6 is 0 Å². The number of hydrogen-bond donors (Lipinski definition) is 1. The van der Waals surface area contributed by atoms with Crippen molar-refractivity contribution >= 4 is 6.09 Å². The average molecular weight is 299 g/mol. The first-order chi connectivity index (χ1) is 10.4. The van der Waals surface area contributed by atoms with Crippen LogP contribution in [0.4, 0.5) is 4.79 Å². The lowest BCUT2D eigenvalue weighted by molar-refractivity contribution is -0.113. The highest BCUT2D eigenvalue weighted by atomic mass is 16.6. The first kappa shape index (κ1) is 16.0. The summed E-state index contributed by atoms with van der Waals surface area (Å²) in [5, 5.41) is 11.1. The summed E-state index contributed by atoms with van der Waals surface area (Å²) in [6, 6.07) is 18.1. The van der Waals surface area contributed by atoms with Crippen LogP contribution in [-0.2, 0) is 4.74 Å². The van der Waals surface area contributed by atoms with E-state index in [4.69, 9.17) is 4.74 Å². The molecule has 0 aliphatic rings. The number of hydrogen-bond acceptors (Lipinski definition) is 3. The molecule has 0 spiro atoms. The first-order valence-corrected chi connectivity index (χ1v) is 7.19. The monoisotopic (exact) mass is 299 g/mol. The molecule has 0 aliphatic carbocycles. The SMILES string of the molecule is CC(C)(C)OC(=O)N(O)C(c1ccccc1)c1ccccc1. The predicted molar refractivity (Wildman–Crippen MR) is 84.6 cm³/mol. The second kappa shape index (κ2) is 6.62. The van der Waals surface area contributed by atoms with Crippen molar-refractivity contribution in [1.82, 2.24) is 5.06 Å². The van der Waals surface area contributed by atoms with Crippen LogP contribution in [0.1, 0.15) is 37.9 Å². The molecule has 0 unspecified atom stereocenters. The van der Waals surface area contributed by atoms with E-state index in [1.54, 1.807) is 20.8 Å². The summed E-state index contributed by atoms with van der Waals surface area (Å²) in [6.45, 7) is 5.29. The van der Waals surface area contributed by atoms with Gasteiger partial charge < -0.3 is 4.74 Å². The number of carbonyl (C=O) groups excluding carboxylic acids is 1. The topological polar surface area (TPSA) is 49.8 Å². The molecule has 2 rings (SSSR count). The summed E-state index contributed by atoms with van der Waals surface area (Å²) in [4.78, 5) is 12.2. The summed E-state index contributed by atoms with van der Waals surface area (Å²) in [6.07, 6.45) is -0.773. The normalized spacial score (nSPS) is 11.3. The number of nitrogens with zero attached hydrogens (tertiary/aromatic N) is 1. The Kier molecular flexibility index (Phi) is 4.83. The fourth-order valence-electron chi connectivity index (χ4n) is 2.16. The fraction of sp³-hybridized carbons (Fsp3) is 0.278. The van der Waals surface area contributed by atoms with E-state index < -0.39 is 17.7 Å². The molecule has 4 nitrogen and oxygen atoms in total. The molecule has 2 aromatic carbocycles. The molecule has 0 atom stereocenters. The lowest BCUT2D eigenvalue weighted by atomic mass is 9.99. The van der Waals surface area contributed by atoms with Crippen LogP contribution < -0.4 is 0 Å². The number of hydroxylamine groups is 2. The molecule has 0 bridgehead atoms. The van der Waals surface area contributed by atoms with Gasteiger partial charge in [-0.15, -0.1) is 0 Å². The van der Waals surface area contributed by atoms with Crippen LogP contribution in [-0.4, -0.2) is 22.0 Å². The molecule has 0 radical (unpaired) electrons. The molecule has 22 heavy (non-hydrogen) atoms. The highest BCUT2D eigenvalue weighted by molar-refractivity contribution is 5.68. The summed E-state index contributed by atoms with van der Waals surface area (Å²) in [5.41, 5.74) is 0.944. The van der Waals surface area contributed by atoms with Crippen molar-refractivity contribution in [3.8, 4) is 0 Å². The van der Waals surface area contributed by atoms with Gasteiger partial charge in [0.05, 0.1) is 0 Å². The standard InChI is InChI=1S/C18H21NO3/c1-18(2,3)22-17(20)19(21)16(14-10-6-4-7-11-14)15-12-8-5-9-13-15/h4-13,16,21H,1-3H3. The van der Waals surface area contributed by atoms with Gasteiger partial charge in [-0.25, -0.2) is 4.79 Å². The third-order valence-electron chi connectivity index (χ3n) is 3.06. The Bertz CT molecular complexity index is 566. The van der Waals surface area contributed by atoms with E-state index in [9.17, 15) is 10.0 Å². The van der Waals surface area contributed by atoms with Gasteiger partial charge in [0.1, 0.15) is 11.6 Å². The Labute approximate surface area is 130 Å². The molecule has 0 aromatic heterocycles. The van der Waals surface area contributed by atoms with Crippen molar-refractivity contribution in [3.63, 3.8) is 0 Å². The second-order valence-electron chi connectivity index (χ2n) is 6.05. The highest BCUT2D eigenvalue weighted by Gasteiger charge is 2.29. The van der Waals surface area contributed by atoms with Crippen molar-refractivity contribution in [3.05, 3.63) is 71.8 Å². The zero-order chi connectivity index (χ0) is 16.2. The van der Waals surface area contributed by atoms with Gasteiger partial charge in [0, 0.05) is 0 Å². The minimum atomic E-state index is -0.773. The van der Waals surface area contributed by atoms with E-state index in [1.807, 2.05) is 60.7 Å². The van der Waals surface area contributed by atoms with Crippen molar-refractivity contribution in [1.29, 1.82) is 0 Å². The van der Waals surface area contributed by atoms with Crippen molar-refractivity contribution in [2.75, 3.05) is 0 Å². The highest BCUT2D eigenvalue weighted by Crippen LogP contribution is 2.28. The molecule has 1 amide bonds. The largest absolute Gasteiger partial charge is 0.442 e. The van der Waals surface area contributed by atoms with E-state index in [0.717, 1.165) is 11.1 Å². The van der Waals surface area contributed by atoms with Gasteiger partial charge >= 0.3 is 6.09 Å². The Hall–Kier alpha value is -2.33. The van der Waals surface area contributed by atoms with Crippen LogP contribution in [0.15, 0.2) is 60.7 Å². The van der Waals surface area contributed by atoms with E-state index >= 15 is 0 Å². The van der Waals surface area contributed by atoms with E-state index in [0.29, 0.717) is 5.06 Å². The van der Waals surface area contributed by atoms with E-state index in [-0.39, 0.29) is 0 Å². The van der Waals surface area contributed by atoms with Gasteiger partial charge in [0.2, 0.25) is 0 Å². The van der Waals surface area contributed by atoms with Gasteiger partial charge in [0.25, 0.3) is 0 Å². The number of benzene rings is 2. The van der Waals surface area contributed by atoms with Crippen LogP contribution in [0.2, 0.25) is 0 Å². The van der Waals surface area contributed by atoms with Crippen molar-refractivity contribution < 1.29 is 14.7 Å². The smallest absolute Gasteiger partial charge is 0.435 e. The van der Waals surface area contributed by atoms with Gasteiger partial charge in [-0.2, -0.15) is 5.06 Å². The Morgan fingerprint density at radius 1 is 0.955 bits per heavy atom. The zero-order valence-electron chi connectivity index (χ0n) is 13.1. The molecular weight excluding hydrogens is 278 g/mol. The van der Waals surface area contributed by atoms with Gasteiger partial charge in [-0.3, -0.25) is 5.21 Å². The molecule has 0 saturated carbocycles. The Morgan fingerprint density at radius 2 is 1.36 bits per heavy atom. The third-order valence-corrected chi connectivity index (χ3v) is 3.06. The van der Waals surface area contributed by atoms with Gasteiger partial charge in [-0.1, -0.05) is 60.7 Å². The van der Waals surface area contributed by atoms with E-state index in [1.165, 1.54) is 0 Å². The Morgan fingerprint density at radius 3 is 1.73 bits per heavy atom. The van der Waals surface area contributed by atoms with Gasteiger partial charge in [-0.05, 0) is 31.9 Å². The van der Waals surface area contributed by atoms with Crippen LogP contribution in [0.5, 0.6) is 0 Å². The third kappa shape index (κ3) is 4.09. The molecule has 0 fully saturated rings. The maximum atomic E-state index is 12.2. The minimum Gasteiger partial charge on any atom is -0.442 e. The molecule has 0 saturated heterocycles. The number of ether oxygens (including phenoxy) is 1. The summed E-state index contributed by atoms with van der Waals surface area (Å²) in [7, 11) is 0. The molecule has 0 aliphatic heterocycles. The summed E-state index contributed by atoms with van der Waals surface area (Å²) >= 11 is 0. The number of carbonyl (C=O) groups is 1. The quantitative estimate of drug-likeness (QED) is 0.675. The van der Waals surface area contributed by atoms with Crippen LogP contribution in [0, 0.1) is 0 Å². The first-order valence-electron chi connectivity index (χ1n) is 7.19. The van der Waals surface area contributed by atoms with Gasteiger partial charge in [0.15, 0.2) is 0 Å². The van der Waals surface area contributed by atoms with E-state index in [2.05, 4.69) is 0 Å². The lowest BCUT2D eigenvalue weighted by Gasteiger charge is -2.29. The van der Waals surface area contributed by atoms with Crippen molar-refractivity contribution in [2.24, 2.45) is 0 Å². The van der Waals surface area contributed by atoms with Crippen LogP contribution in [0.25, 0.3) is 0 Å². The average Bonchev–Trinajstić information content (AvgIpc) is 2.48. The molecule has 116 valence electrons. The molecule has 2 aromatic rings. The Balaban J connectivity index is 2.35. The molecule has 4 heteroatoms. The molecular formula is C18H21NO3. The summed E-state index contributed by atoms with van der Waals surface area (Å²) in [5.74, 6) is 0. The minimum absolute atomic E-state index is 0.614. The zero-order valence-corrected chi connectivity index (χ0v) is 13.1. The maximum absolute atomic E-state index is 12.2. The lowest BCUT2D eigenvalue weighted by Crippen LogP contribution is -2.37. The maximum Gasteiger partial charge on any atom is 0.435 e. The second-order valence-corrected chi connectivity index (χ2v) is 6.05. The summed E-state index contributed by atoms with van der Waals surface area (Å²) < 4.78 is 5.26. The molecule has 1 N–H and O–H groups in total. The van der Waals surface area contributed by atoms with Crippen molar-refractivity contribution in [2.45, 2.75) is 32.4 Å². The predicted octanol–water partition coefficient (Wildman–Crippen LogP) is 4.40. The fourth-order valence-corrected chi connectivity index (χ4v) is 2.16.